The number of hydrogen-bond donors (Lipinski definition) is 2. The Morgan fingerprint density at radius 1 is 0.500 bits per heavy atom. The minimum atomic E-state index is -4.41. The number of nitrogens with two attached hydrogens (primary N) is 2. The number of pyridine rings is 2. The third-order valence-corrected chi connectivity index (χ3v) is 12.6. The van der Waals surface area contributed by atoms with Gasteiger partial charge in [0.25, 0.3) is 0 Å². The number of anilines is 2. The van der Waals surface area contributed by atoms with Crippen molar-refractivity contribution in [3.63, 3.8) is 0 Å². The lowest BCUT2D eigenvalue weighted by Gasteiger charge is -2.39. The smallest absolute Gasteiger partial charge is 0.378 e. The molecule has 2 aromatic heterocycles. The molecule has 348 valence electrons. The standard InChI is InChI=1S/2C24H22Cl2F3N3O/c2*1-33-22-13-32(7-6-21(22)30)23-19(14-2-4-16(5-3-14)24(27,28)29)11-31-12-20(23)15-8-17(25)10-18(26)9-15/h2*2-5,8-12,21-22H,6-7,13,30H2,1H3/t2*21-,22-/m10/s1. The Labute approximate surface area is 398 Å². The van der Waals surface area contributed by atoms with E-state index in [0.29, 0.717) is 81.4 Å². The predicted octanol–water partition coefficient (Wildman–Crippen LogP) is 12.6. The molecule has 4 aromatic carbocycles. The van der Waals surface area contributed by atoms with E-state index in [0.717, 1.165) is 57.9 Å². The van der Waals surface area contributed by atoms with Gasteiger partial charge in [-0.15, -0.1) is 0 Å². The lowest BCUT2D eigenvalue weighted by Crippen LogP contribution is -2.51. The highest BCUT2D eigenvalue weighted by atomic mass is 35.5. The zero-order valence-electron chi connectivity index (χ0n) is 35.5. The lowest BCUT2D eigenvalue weighted by atomic mass is 9.94. The quantitative estimate of drug-likeness (QED) is 0.145. The molecule has 4 heterocycles. The van der Waals surface area contributed by atoms with Gasteiger partial charge in [-0.3, -0.25) is 9.97 Å². The maximum Gasteiger partial charge on any atom is 0.416 e. The topological polar surface area (TPSA) is 103 Å². The predicted molar refractivity (Wildman–Crippen MR) is 251 cm³/mol. The second kappa shape index (κ2) is 20.7. The van der Waals surface area contributed by atoms with Crippen LogP contribution in [0.3, 0.4) is 0 Å². The summed E-state index contributed by atoms with van der Waals surface area (Å²) in [7, 11) is 3.24. The molecule has 6 aromatic rings. The molecule has 8 nitrogen and oxygen atoms in total. The van der Waals surface area contributed by atoms with E-state index in [2.05, 4.69) is 19.8 Å². The third kappa shape index (κ3) is 11.4. The van der Waals surface area contributed by atoms with Crippen molar-refractivity contribution in [3.8, 4) is 44.5 Å². The van der Waals surface area contributed by atoms with E-state index in [1.807, 2.05) is 0 Å². The first-order valence-corrected chi connectivity index (χ1v) is 22.2. The van der Waals surface area contributed by atoms with Crippen molar-refractivity contribution in [2.75, 3.05) is 50.2 Å². The molecule has 0 amide bonds. The van der Waals surface area contributed by atoms with Crippen LogP contribution in [-0.2, 0) is 21.8 Å². The van der Waals surface area contributed by atoms with Crippen molar-refractivity contribution in [3.05, 3.63) is 141 Å². The van der Waals surface area contributed by atoms with Crippen molar-refractivity contribution in [2.24, 2.45) is 11.5 Å². The molecule has 4 N–H and O–H groups in total. The SMILES string of the molecule is CO[C@@H]1CN(c2c(-c3ccc(C(F)(F)F)cc3)cncc2-c2cc(Cl)cc(Cl)c2)CC[C@H]1N.CO[C@H]1CN(c2c(-c3ccc(C(F)(F)F)cc3)cncc2-c2cc(Cl)cc(Cl)c2)CC[C@@H]1N. The summed E-state index contributed by atoms with van der Waals surface area (Å²) in [6.07, 6.45) is -1.07. The molecule has 66 heavy (non-hydrogen) atoms. The first-order valence-electron chi connectivity index (χ1n) is 20.7. The van der Waals surface area contributed by atoms with Crippen LogP contribution >= 0.6 is 46.4 Å². The second-order valence-electron chi connectivity index (χ2n) is 16.0. The van der Waals surface area contributed by atoms with Crippen LogP contribution in [0.15, 0.2) is 110 Å². The van der Waals surface area contributed by atoms with Gasteiger partial charge in [0.2, 0.25) is 0 Å². The van der Waals surface area contributed by atoms with E-state index >= 15 is 0 Å². The largest absolute Gasteiger partial charge is 0.416 e. The Hall–Kier alpha value is -4.64. The van der Waals surface area contributed by atoms with Gasteiger partial charge < -0.3 is 30.7 Å². The molecule has 0 radical (unpaired) electrons. The minimum absolute atomic E-state index is 0.105. The number of ether oxygens (including phenoxy) is 2. The molecular formula is C48H44Cl4F6N6O2. The number of nitrogens with zero attached hydrogens (tertiary/aromatic N) is 4. The van der Waals surface area contributed by atoms with Crippen LogP contribution in [0.4, 0.5) is 37.7 Å². The van der Waals surface area contributed by atoms with Gasteiger partial charge in [0, 0.05) is 120 Å². The van der Waals surface area contributed by atoms with E-state index in [-0.39, 0.29) is 24.3 Å². The fourth-order valence-corrected chi connectivity index (χ4v) is 9.36. The minimum Gasteiger partial charge on any atom is -0.378 e. The molecule has 18 heteroatoms. The van der Waals surface area contributed by atoms with Gasteiger partial charge in [0.15, 0.2) is 0 Å². The molecular weight excluding hydrogens is 948 g/mol. The zero-order chi connectivity index (χ0) is 47.5. The molecule has 2 saturated heterocycles. The number of benzene rings is 4. The fraction of sp³-hybridized carbons (Fsp3) is 0.292. The van der Waals surface area contributed by atoms with Crippen molar-refractivity contribution in [1.82, 2.24) is 9.97 Å². The maximum atomic E-state index is 13.1. The van der Waals surface area contributed by atoms with Crippen LogP contribution in [-0.4, -0.2) is 74.7 Å². The highest BCUT2D eigenvalue weighted by Gasteiger charge is 2.34. The monoisotopic (exact) mass is 990 g/mol. The van der Waals surface area contributed by atoms with E-state index in [1.54, 1.807) is 75.4 Å². The first kappa shape index (κ1) is 49.3. The number of hydrogen-bond acceptors (Lipinski definition) is 8. The average molecular weight is 993 g/mol. The van der Waals surface area contributed by atoms with E-state index in [1.165, 1.54) is 24.3 Å². The lowest BCUT2D eigenvalue weighted by molar-refractivity contribution is -0.138. The molecule has 0 unspecified atom stereocenters. The van der Waals surface area contributed by atoms with Gasteiger partial charge in [-0.05, 0) is 95.8 Å². The Morgan fingerprint density at radius 2 is 0.803 bits per heavy atom. The summed E-state index contributed by atoms with van der Waals surface area (Å²) >= 11 is 25.0. The van der Waals surface area contributed by atoms with E-state index < -0.39 is 23.5 Å². The molecule has 0 spiro atoms. The summed E-state index contributed by atoms with van der Waals surface area (Å²) in [5.41, 5.74) is 18.3. The molecule has 2 aliphatic rings. The van der Waals surface area contributed by atoms with Crippen molar-refractivity contribution in [1.29, 1.82) is 0 Å². The van der Waals surface area contributed by atoms with Crippen LogP contribution < -0.4 is 21.3 Å². The molecule has 2 fully saturated rings. The summed E-state index contributed by atoms with van der Waals surface area (Å²) < 4.78 is 89.8. The van der Waals surface area contributed by atoms with Crippen LogP contribution in [0, 0.1) is 0 Å². The van der Waals surface area contributed by atoms with E-state index in [9.17, 15) is 26.3 Å². The van der Waals surface area contributed by atoms with Crippen molar-refractivity contribution >= 4 is 57.8 Å². The molecule has 8 rings (SSSR count). The average Bonchev–Trinajstić information content (AvgIpc) is 3.28. The normalized spacial score (nSPS) is 19.1. The number of piperidine rings is 2. The number of rotatable bonds is 8. The van der Waals surface area contributed by atoms with Crippen molar-refractivity contribution < 1.29 is 35.8 Å². The summed E-state index contributed by atoms with van der Waals surface area (Å²) in [5, 5.41) is 1.88. The summed E-state index contributed by atoms with van der Waals surface area (Å²) in [6, 6.07) is 20.4. The van der Waals surface area contributed by atoms with Crippen LogP contribution in [0.25, 0.3) is 44.5 Å². The highest BCUT2D eigenvalue weighted by Crippen LogP contribution is 2.44. The van der Waals surface area contributed by atoms with Gasteiger partial charge in [-0.2, -0.15) is 26.3 Å². The van der Waals surface area contributed by atoms with Gasteiger partial charge in [0.1, 0.15) is 0 Å². The summed E-state index contributed by atoms with van der Waals surface area (Å²) in [5.74, 6) is 0. The summed E-state index contributed by atoms with van der Waals surface area (Å²) in [6.45, 7) is 2.35. The van der Waals surface area contributed by atoms with Gasteiger partial charge in [-0.1, -0.05) is 70.7 Å². The molecule has 0 saturated carbocycles. The number of methoxy groups -OCH3 is 2. The first-order chi connectivity index (χ1) is 31.3. The Balaban J connectivity index is 0.000000196. The zero-order valence-corrected chi connectivity index (χ0v) is 38.5. The van der Waals surface area contributed by atoms with Crippen molar-refractivity contribution in [2.45, 2.75) is 49.5 Å². The molecule has 0 aliphatic carbocycles. The maximum absolute atomic E-state index is 13.1. The summed E-state index contributed by atoms with van der Waals surface area (Å²) in [4.78, 5) is 13.0. The molecule has 0 bridgehead atoms. The van der Waals surface area contributed by atoms with Crippen LogP contribution in [0.1, 0.15) is 24.0 Å². The second-order valence-corrected chi connectivity index (χ2v) is 17.7. The Morgan fingerprint density at radius 3 is 1.09 bits per heavy atom. The Bertz CT molecular complexity index is 2420. The highest BCUT2D eigenvalue weighted by molar-refractivity contribution is 6.35. The molecule has 4 atom stereocenters. The number of alkyl halides is 6. The Kier molecular flexibility index (Phi) is 15.5. The van der Waals surface area contributed by atoms with Gasteiger partial charge in [-0.25, -0.2) is 0 Å². The van der Waals surface area contributed by atoms with Gasteiger partial charge >= 0.3 is 12.4 Å². The van der Waals surface area contributed by atoms with Crippen LogP contribution in [0.5, 0.6) is 0 Å². The number of aromatic nitrogens is 2. The molecule has 2 aliphatic heterocycles. The van der Waals surface area contributed by atoms with E-state index in [4.69, 9.17) is 67.3 Å². The van der Waals surface area contributed by atoms with Gasteiger partial charge in [0.05, 0.1) is 34.7 Å². The number of halogens is 10. The third-order valence-electron chi connectivity index (χ3n) is 11.7. The van der Waals surface area contributed by atoms with Crippen LogP contribution in [0.2, 0.25) is 20.1 Å². The fourth-order valence-electron chi connectivity index (χ4n) is 8.30.